The first-order chi connectivity index (χ1) is 8.69. The molecule has 0 heterocycles. The van der Waals surface area contributed by atoms with Gasteiger partial charge in [-0.2, -0.15) is 0 Å². The Labute approximate surface area is 113 Å². The molecule has 1 saturated carbocycles. The van der Waals surface area contributed by atoms with Crippen molar-refractivity contribution >= 4 is 17.7 Å². The Hall–Kier alpha value is -1.00. The van der Waals surface area contributed by atoms with E-state index in [1.54, 1.807) is 11.8 Å². The van der Waals surface area contributed by atoms with Crippen molar-refractivity contribution in [2.75, 3.05) is 12.3 Å². The number of rotatable bonds is 6. The highest BCUT2D eigenvalue weighted by Gasteiger charge is 2.23. The van der Waals surface area contributed by atoms with Gasteiger partial charge < -0.3 is 11.1 Å². The van der Waals surface area contributed by atoms with Crippen LogP contribution in [0.3, 0.4) is 0 Å². The molecule has 3 nitrogen and oxygen atoms in total. The highest BCUT2D eigenvalue weighted by molar-refractivity contribution is 8.00. The summed E-state index contributed by atoms with van der Waals surface area (Å²) in [5.74, 6) is 0.625. The second-order valence-electron chi connectivity index (χ2n) is 4.79. The number of carbonyl (C=O) groups excluding carboxylic acids is 1. The normalized spacial score (nSPS) is 16.3. The molecule has 0 spiro atoms. The summed E-state index contributed by atoms with van der Waals surface area (Å²) in [4.78, 5) is 11.6. The van der Waals surface area contributed by atoms with E-state index < -0.39 is 0 Å². The quantitative estimate of drug-likeness (QED) is 0.826. The SMILES string of the molecule is Cc1cccc(C(CN)SCC(=O)NC2CC2)c1. The third-order valence-corrected chi connectivity index (χ3v) is 4.28. The molecule has 2 rings (SSSR count). The zero-order chi connectivity index (χ0) is 13.0. The van der Waals surface area contributed by atoms with Gasteiger partial charge in [0.15, 0.2) is 0 Å². The molecule has 1 amide bonds. The lowest BCUT2D eigenvalue weighted by Crippen LogP contribution is -2.27. The Morgan fingerprint density at radius 3 is 2.94 bits per heavy atom. The summed E-state index contributed by atoms with van der Waals surface area (Å²) in [5.41, 5.74) is 8.24. The molecule has 0 aliphatic heterocycles. The number of amides is 1. The molecule has 1 aliphatic rings. The molecule has 1 atom stereocenters. The zero-order valence-electron chi connectivity index (χ0n) is 10.7. The van der Waals surface area contributed by atoms with Crippen LogP contribution in [-0.4, -0.2) is 24.2 Å². The van der Waals surface area contributed by atoms with Crippen LogP contribution in [0.2, 0.25) is 0 Å². The molecule has 1 fully saturated rings. The summed E-state index contributed by atoms with van der Waals surface area (Å²) in [7, 11) is 0. The van der Waals surface area contributed by atoms with Crippen LogP contribution in [0.1, 0.15) is 29.2 Å². The van der Waals surface area contributed by atoms with Gasteiger partial charge >= 0.3 is 0 Å². The van der Waals surface area contributed by atoms with Crippen LogP contribution in [0.4, 0.5) is 0 Å². The van der Waals surface area contributed by atoms with Crippen molar-refractivity contribution in [2.45, 2.75) is 31.1 Å². The lowest BCUT2D eigenvalue weighted by Gasteiger charge is -2.15. The second kappa shape index (κ2) is 6.25. The number of hydrogen-bond acceptors (Lipinski definition) is 3. The first kappa shape index (κ1) is 13.4. The summed E-state index contributed by atoms with van der Waals surface area (Å²) in [6.07, 6.45) is 2.27. The molecular formula is C14H20N2OS. The minimum Gasteiger partial charge on any atom is -0.353 e. The first-order valence-corrected chi connectivity index (χ1v) is 7.41. The van der Waals surface area contributed by atoms with Gasteiger partial charge in [-0.25, -0.2) is 0 Å². The molecule has 1 aromatic carbocycles. The van der Waals surface area contributed by atoms with Gasteiger partial charge in [0.2, 0.25) is 5.91 Å². The predicted molar refractivity (Wildman–Crippen MR) is 76.6 cm³/mol. The molecule has 4 heteroatoms. The van der Waals surface area contributed by atoms with Crippen molar-refractivity contribution in [3.05, 3.63) is 35.4 Å². The van der Waals surface area contributed by atoms with E-state index in [9.17, 15) is 4.79 Å². The van der Waals surface area contributed by atoms with Gasteiger partial charge in [-0.05, 0) is 25.3 Å². The number of aryl methyl sites for hydroxylation is 1. The van der Waals surface area contributed by atoms with E-state index >= 15 is 0 Å². The number of hydrogen-bond donors (Lipinski definition) is 2. The average Bonchev–Trinajstić information content (AvgIpc) is 3.14. The molecule has 1 aromatic rings. The van der Waals surface area contributed by atoms with Crippen molar-refractivity contribution in [1.29, 1.82) is 0 Å². The van der Waals surface area contributed by atoms with E-state index in [0.29, 0.717) is 18.3 Å². The summed E-state index contributed by atoms with van der Waals surface area (Å²) >= 11 is 1.62. The van der Waals surface area contributed by atoms with Gasteiger partial charge in [-0.3, -0.25) is 4.79 Å². The molecule has 98 valence electrons. The van der Waals surface area contributed by atoms with E-state index in [4.69, 9.17) is 5.73 Å². The fourth-order valence-electron chi connectivity index (χ4n) is 1.84. The maximum absolute atomic E-state index is 11.6. The molecule has 1 unspecified atom stereocenters. The molecular weight excluding hydrogens is 244 g/mol. The topological polar surface area (TPSA) is 55.1 Å². The lowest BCUT2D eigenvalue weighted by molar-refractivity contribution is -0.118. The van der Waals surface area contributed by atoms with E-state index in [2.05, 4.69) is 30.4 Å². The van der Waals surface area contributed by atoms with Gasteiger partial charge in [0, 0.05) is 17.8 Å². The van der Waals surface area contributed by atoms with Crippen LogP contribution in [0.5, 0.6) is 0 Å². The van der Waals surface area contributed by atoms with Crippen molar-refractivity contribution in [2.24, 2.45) is 5.73 Å². The van der Waals surface area contributed by atoms with Gasteiger partial charge in [0.05, 0.1) is 5.75 Å². The molecule has 0 saturated heterocycles. The number of nitrogens with two attached hydrogens (primary N) is 1. The molecule has 1 aliphatic carbocycles. The van der Waals surface area contributed by atoms with Crippen molar-refractivity contribution in [3.8, 4) is 0 Å². The van der Waals surface area contributed by atoms with Crippen LogP contribution in [0.15, 0.2) is 24.3 Å². The Morgan fingerprint density at radius 1 is 1.56 bits per heavy atom. The third-order valence-electron chi connectivity index (χ3n) is 2.99. The van der Waals surface area contributed by atoms with Gasteiger partial charge in [-0.1, -0.05) is 29.8 Å². The summed E-state index contributed by atoms with van der Waals surface area (Å²) in [6.45, 7) is 2.63. The maximum Gasteiger partial charge on any atom is 0.230 e. The van der Waals surface area contributed by atoms with Crippen LogP contribution < -0.4 is 11.1 Å². The predicted octanol–water partition coefficient (Wildman–Crippen LogP) is 2.01. The standard InChI is InChI=1S/C14H20N2OS/c1-10-3-2-4-11(7-10)13(8-15)18-9-14(17)16-12-5-6-12/h2-4,7,12-13H,5-6,8-9,15H2,1H3,(H,16,17). The van der Waals surface area contributed by atoms with Gasteiger partial charge in [0.1, 0.15) is 0 Å². The van der Waals surface area contributed by atoms with Crippen LogP contribution in [0.25, 0.3) is 0 Å². The zero-order valence-corrected chi connectivity index (χ0v) is 11.5. The largest absolute Gasteiger partial charge is 0.353 e. The molecule has 0 radical (unpaired) electrons. The summed E-state index contributed by atoms with van der Waals surface area (Å²) in [6, 6.07) is 8.77. The maximum atomic E-state index is 11.6. The van der Waals surface area contributed by atoms with Crippen molar-refractivity contribution < 1.29 is 4.79 Å². The number of thioether (sulfide) groups is 1. The Balaban J connectivity index is 1.86. The van der Waals surface area contributed by atoms with Gasteiger partial charge in [-0.15, -0.1) is 11.8 Å². The van der Waals surface area contributed by atoms with E-state index in [-0.39, 0.29) is 11.2 Å². The van der Waals surface area contributed by atoms with E-state index in [0.717, 1.165) is 12.8 Å². The Kier molecular flexibility index (Phi) is 4.66. The van der Waals surface area contributed by atoms with Gasteiger partial charge in [0.25, 0.3) is 0 Å². The number of benzene rings is 1. The molecule has 0 aromatic heterocycles. The molecule has 18 heavy (non-hydrogen) atoms. The summed E-state index contributed by atoms with van der Waals surface area (Å²) < 4.78 is 0. The Morgan fingerprint density at radius 2 is 2.33 bits per heavy atom. The first-order valence-electron chi connectivity index (χ1n) is 6.36. The fourth-order valence-corrected chi connectivity index (χ4v) is 2.76. The monoisotopic (exact) mass is 264 g/mol. The van der Waals surface area contributed by atoms with Crippen molar-refractivity contribution in [3.63, 3.8) is 0 Å². The van der Waals surface area contributed by atoms with Crippen LogP contribution in [-0.2, 0) is 4.79 Å². The van der Waals surface area contributed by atoms with E-state index in [1.165, 1.54) is 11.1 Å². The minimum absolute atomic E-state index is 0.133. The summed E-state index contributed by atoms with van der Waals surface area (Å²) in [5, 5.41) is 3.20. The molecule has 3 N–H and O–H groups in total. The smallest absolute Gasteiger partial charge is 0.230 e. The lowest BCUT2D eigenvalue weighted by atomic mass is 10.1. The number of nitrogens with one attached hydrogen (secondary N) is 1. The Bertz CT molecular complexity index is 418. The minimum atomic E-state index is 0.133. The van der Waals surface area contributed by atoms with Crippen LogP contribution in [0, 0.1) is 6.92 Å². The average molecular weight is 264 g/mol. The highest BCUT2D eigenvalue weighted by atomic mass is 32.2. The number of carbonyl (C=O) groups is 1. The molecule has 0 bridgehead atoms. The third kappa shape index (κ3) is 4.03. The highest BCUT2D eigenvalue weighted by Crippen LogP contribution is 2.28. The van der Waals surface area contributed by atoms with Crippen LogP contribution >= 0.6 is 11.8 Å². The second-order valence-corrected chi connectivity index (χ2v) is 5.98. The van der Waals surface area contributed by atoms with Crippen molar-refractivity contribution in [1.82, 2.24) is 5.32 Å². The fraction of sp³-hybridized carbons (Fsp3) is 0.500. The van der Waals surface area contributed by atoms with E-state index in [1.807, 2.05) is 6.07 Å².